The van der Waals surface area contributed by atoms with Crippen molar-refractivity contribution in [3.8, 4) is 0 Å². The highest BCUT2D eigenvalue weighted by Gasteiger charge is 2.30. The van der Waals surface area contributed by atoms with Crippen LogP contribution in [0.5, 0.6) is 0 Å². The predicted octanol–water partition coefficient (Wildman–Crippen LogP) is 25.0. The van der Waals surface area contributed by atoms with Gasteiger partial charge in [0.1, 0.15) is 19.3 Å². The lowest BCUT2D eigenvalue weighted by Crippen LogP contribution is -2.30. The van der Waals surface area contributed by atoms with Gasteiger partial charge in [0.15, 0.2) is 12.2 Å². The molecule has 3 N–H and O–H groups in total. The van der Waals surface area contributed by atoms with Gasteiger partial charge in [0.2, 0.25) is 0 Å². The molecule has 0 aliphatic rings. The van der Waals surface area contributed by atoms with E-state index in [1.165, 1.54) is 64.2 Å². The average molecular weight is 1550 g/mol. The zero-order valence-corrected chi connectivity index (χ0v) is 69.5. The van der Waals surface area contributed by atoms with Gasteiger partial charge in [0.25, 0.3) is 0 Å². The normalized spacial score (nSPS) is 14.5. The highest BCUT2D eigenvalue weighted by atomic mass is 31.2. The van der Waals surface area contributed by atoms with Crippen molar-refractivity contribution in [2.45, 2.75) is 354 Å². The molecule has 0 saturated carbocycles. The third-order valence-corrected chi connectivity index (χ3v) is 19.2. The first kappa shape index (κ1) is 103. The van der Waals surface area contributed by atoms with Gasteiger partial charge >= 0.3 is 39.5 Å². The van der Waals surface area contributed by atoms with Crippen molar-refractivity contribution in [1.82, 2.24) is 0 Å². The molecule has 5 atom stereocenters. The van der Waals surface area contributed by atoms with E-state index >= 15 is 0 Å². The van der Waals surface area contributed by atoms with E-state index in [1.807, 2.05) is 12.2 Å². The first-order valence-electron chi connectivity index (χ1n) is 42.1. The minimum atomic E-state index is -5.00. The molecule has 0 saturated heterocycles. The average Bonchev–Trinajstić information content (AvgIpc) is 0.887. The van der Waals surface area contributed by atoms with Crippen molar-refractivity contribution in [2.24, 2.45) is 0 Å². The molecule has 0 aliphatic carbocycles. The van der Waals surface area contributed by atoms with Crippen molar-refractivity contribution in [2.75, 3.05) is 39.6 Å². The number of allylic oxidation sites excluding steroid dienone is 24. The van der Waals surface area contributed by atoms with E-state index in [0.717, 1.165) is 186 Å². The Kier molecular flexibility index (Phi) is 76.3. The third kappa shape index (κ3) is 79.0. The van der Waals surface area contributed by atoms with Crippen molar-refractivity contribution in [1.29, 1.82) is 0 Å². The summed E-state index contributed by atoms with van der Waals surface area (Å²) in [4.78, 5) is 73.2. The second kappa shape index (κ2) is 80.0. The molecule has 5 unspecified atom stereocenters. The minimum Gasteiger partial charge on any atom is -0.462 e. The summed E-state index contributed by atoms with van der Waals surface area (Å²) in [6, 6.07) is 0. The summed E-state index contributed by atoms with van der Waals surface area (Å²) >= 11 is 0. The lowest BCUT2D eigenvalue weighted by atomic mass is 10.1. The van der Waals surface area contributed by atoms with Crippen LogP contribution in [0.4, 0.5) is 0 Å². The Hall–Kier alpha value is -5.06. The number of unbranched alkanes of at least 4 members (excludes halogenated alkanes) is 28. The smallest absolute Gasteiger partial charge is 0.462 e. The number of phosphoric acid groups is 2. The quantitative estimate of drug-likeness (QED) is 0.0169. The number of phosphoric ester groups is 2. The molecule has 0 rings (SSSR count). The molecule has 0 bridgehead atoms. The molecule has 17 nitrogen and oxygen atoms in total. The molecular weight excluding hydrogens is 1400 g/mol. The van der Waals surface area contributed by atoms with Gasteiger partial charge in [-0.05, 0) is 167 Å². The Balaban J connectivity index is 5.44. The summed E-state index contributed by atoms with van der Waals surface area (Å²) in [7, 11) is -10.00. The van der Waals surface area contributed by atoms with Crippen LogP contribution in [0.3, 0.4) is 0 Å². The summed E-state index contributed by atoms with van der Waals surface area (Å²) in [6.45, 7) is 4.61. The van der Waals surface area contributed by atoms with Crippen molar-refractivity contribution >= 4 is 39.5 Å². The van der Waals surface area contributed by atoms with Crippen LogP contribution < -0.4 is 0 Å². The number of carbonyl (C=O) groups excluding carboxylic acids is 4. The van der Waals surface area contributed by atoms with Gasteiger partial charge in [-0.25, -0.2) is 9.13 Å². The van der Waals surface area contributed by atoms with E-state index in [4.69, 9.17) is 37.0 Å². The Labute approximate surface area is 656 Å². The summed E-state index contributed by atoms with van der Waals surface area (Å²) in [5.41, 5.74) is 0. The van der Waals surface area contributed by atoms with E-state index in [0.29, 0.717) is 32.1 Å². The maximum Gasteiger partial charge on any atom is 0.472 e. The summed E-state index contributed by atoms with van der Waals surface area (Å²) in [5, 5.41) is 10.7. The molecule has 0 radical (unpaired) electrons. The van der Waals surface area contributed by atoms with Gasteiger partial charge in [-0.15, -0.1) is 0 Å². The van der Waals surface area contributed by atoms with Crippen LogP contribution >= 0.6 is 15.6 Å². The van der Waals surface area contributed by atoms with Crippen LogP contribution in [-0.4, -0.2) is 96.7 Å². The van der Waals surface area contributed by atoms with Crippen molar-refractivity contribution in [3.63, 3.8) is 0 Å². The molecule has 0 aromatic heterocycles. The SMILES string of the molecule is CC/C=C\C/C=C\C/C=C\C/C=C\C/C=C\CCCC(=O)OCC(COP(=O)(O)OCC(O)COP(=O)(O)OCC(COC(=O)CCCCCCCC/C=C\C/C=C\C/C=C\CCCCC)OC(=O)CCCCCCCC/C=C\C/C=C\C/C=C\CCCCC)OC(=O)CCCCCCC/C=C\CCCCCC. The summed E-state index contributed by atoms with van der Waals surface area (Å²) in [6.07, 6.45) is 92.4. The molecule has 0 fully saturated rings. The molecule has 108 heavy (non-hydrogen) atoms. The van der Waals surface area contributed by atoms with Crippen LogP contribution in [0.15, 0.2) is 146 Å². The number of aliphatic hydroxyl groups excluding tert-OH is 1. The second-order valence-electron chi connectivity index (χ2n) is 27.7. The molecule has 0 heterocycles. The summed E-state index contributed by atoms with van der Waals surface area (Å²) < 4.78 is 68.7. The lowest BCUT2D eigenvalue weighted by Gasteiger charge is -2.21. The van der Waals surface area contributed by atoms with E-state index in [-0.39, 0.29) is 25.7 Å². The zero-order chi connectivity index (χ0) is 78.9. The number of rotatable bonds is 78. The molecular formula is C89H150O17P2. The number of ether oxygens (including phenoxy) is 4. The Morgan fingerprint density at radius 3 is 0.806 bits per heavy atom. The zero-order valence-electron chi connectivity index (χ0n) is 67.7. The lowest BCUT2D eigenvalue weighted by molar-refractivity contribution is -0.161. The highest BCUT2D eigenvalue weighted by molar-refractivity contribution is 7.47. The summed E-state index contributed by atoms with van der Waals surface area (Å²) in [5.74, 6) is -2.28. The number of carbonyl (C=O) groups is 4. The van der Waals surface area contributed by atoms with Crippen LogP contribution in [0.2, 0.25) is 0 Å². The third-order valence-electron chi connectivity index (χ3n) is 17.3. The highest BCUT2D eigenvalue weighted by Crippen LogP contribution is 2.45. The molecule has 618 valence electrons. The molecule has 0 aliphatic heterocycles. The second-order valence-corrected chi connectivity index (χ2v) is 30.6. The fraction of sp³-hybridized carbons (Fsp3) is 0.685. The topological polar surface area (TPSA) is 237 Å². The van der Waals surface area contributed by atoms with Gasteiger partial charge in [-0.1, -0.05) is 289 Å². The van der Waals surface area contributed by atoms with Crippen LogP contribution in [0.1, 0.15) is 336 Å². The van der Waals surface area contributed by atoms with Gasteiger partial charge < -0.3 is 33.8 Å². The monoisotopic (exact) mass is 1550 g/mol. The maximum absolute atomic E-state index is 13.1. The number of hydrogen-bond acceptors (Lipinski definition) is 15. The Bertz CT molecular complexity index is 2610. The number of hydrogen-bond donors (Lipinski definition) is 3. The van der Waals surface area contributed by atoms with E-state index in [9.17, 15) is 43.2 Å². The first-order chi connectivity index (χ1) is 52.7. The van der Waals surface area contributed by atoms with Gasteiger partial charge in [0, 0.05) is 25.7 Å². The standard InChI is InChI=1S/C89H150O17P2/c1-5-9-13-17-21-25-29-33-36-39-41-44-47-51-54-58-62-66-70-74-87(92)100-80-85(106-89(94)76-72-68-64-60-56-52-48-45-42-40-37-34-30-26-22-18-14-10-6-2)82-104-108(97,98)102-78-83(90)77-101-107(95,96)103-81-84(105-88(93)75-71-67-63-59-55-49-32-28-24-20-16-12-8-4)79-99-86(91)73-69-65-61-57-53-50-46-43-38-35-31-27-23-19-15-11-7-3/h11,15,21-23,25-28,32-38,41-42,44-46,50,57,61,83-85,90H,5-10,12-14,16-20,24,29-31,39-40,43,47-49,51-56,58-60,62-82H2,1-4H3,(H,95,96)(H,97,98)/b15-11-,25-21-,26-22-,27-23-,32-28-,36-33-,37-34-,38-35-,44-41-,45-42-,50-46-,61-57-. The molecule has 0 aromatic carbocycles. The van der Waals surface area contributed by atoms with Crippen molar-refractivity contribution in [3.05, 3.63) is 146 Å². The Morgan fingerprint density at radius 1 is 0.269 bits per heavy atom. The minimum absolute atomic E-state index is 0.0689. The molecule has 0 aromatic rings. The maximum atomic E-state index is 13.1. The molecule has 0 amide bonds. The largest absolute Gasteiger partial charge is 0.472 e. The fourth-order valence-electron chi connectivity index (χ4n) is 10.9. The van der Waals surface area contributed by atoms with Gasteiger partial charge in [0.05, 0.1) is 26.4 Å². The van der Waals surface area contributed by atoms with Crippen molar-refractivity contribution < 1.29 is 80.2 Å². The van der Waals surface area contributed by atoms with Crippen LogP contribution in [-0.2, 0) is 65.4 Å². The number of aliphatic hydroxyl groups is 1. The van der Waals surface area contributed by atoms with E-state index < -0.39 is 97.5 Å². The van der Waals surface area contributed by atoms with E-state index in [2.05, 4.69) is 161 Å². The van der Waals surface area contributed by atoms with Gasteiger partial charge in [-0.2, -0.15) is 0 Å². The first-order valence-corrected chi connectivity index (χ1v) is 45.1. The van der Waals surface area contributed by atoms with Crippen LogP contribution in [0, 0.1) is 0 Å². The fourth-order valence-corrected chi connectivity index (χ4v) is 12.4. The van der Waals surface area contributed by atoms with Gasteiger partial charge in [-0.3, -0.25) is 37.3 Å². The van der Waals surface area contributed by atoms with E-state index in [1.54, 1.807) is 0 Å². The molecule has 0 spiro atoms. The molecule has 19 heteroatoms. The Morgan fingerprint density at radius 2 is 0.491 bits per heavy atom. The number of esters is 4. The van der Waals surface area contributed by atoms with Crippen LogP contribution in [0.25, 0.3) is 0 Å². The predicted molar refractivity (Wildman–Crippen MR) is 445 cm³/mol.